The molecule has 0 radical (unpaired) electrons. The number of amides is 1. The summed E-state index contributed by atoms with van der Waals surface area (Å²) >= 11 is 0. The van der Waals surface area contributed by atoms with Crippen molar-refractivity contribution in [1.29, 1.82) is 0 Å². The molecule has 2 N–H and O–H groups in total. The van der Waals surface area contributed by atoms with E-state index in [2.05, 4.69) is 25.7 Å². The van der Waals surface area contributed by atoms with Crippen molar-refractivity contribution in [3.05, 3.63) is 47.5 Å². The molecule has 0 spiro atoms. The SMILES string of the molecule is CN(C)C(=O)CNC(=NCc1cccc(C(F)(F)F)c1)NC1CCc2ncnn2C1.I. The number of guanidine groups is 1. The number of carbonyl (C=O) groups excluding carboxylic acids is 1. The molecule has 1 amide bonds. The summed E-state index contributed by atoms with van der Waals surface area (Å²) in [6.07, 6.45) is -1.36. The fourth-order valence-corrected chi connectivity index (χ4v) is 3.04. The molecule has 1 aliphatic heterocycles. The summed E-state index contributed by atoms with van der Waals surface area (Å²) in [5.41, 5.74) is -0.293. The normalized spacial score (nSPS) is 16.2. The van der Waals surface area contributed by atoms with Crippen molar-refractivity contribution in [2.24, 2.45) is 4.99 Å². The second-order valence-corrected chi connectivity index (χ2v) is 7.24. The largest absolute Gasteiger partial charge is 0.416 e. The van der Waals surface area contributed by atoms with E-state index in [4.69, 9.17) is 0 Å². The van der Waals surface area contributed by atoms with Gasteiger partial charge in [-0.3, -0.25) is 4.79 Å². The molecular weight excluding hydrogens is 526 g/mol. The summed E-state index contributed by atoms with van der Waals surface area (Å²) in [6.45, 7) is 0.640. The van der Waals surface area contributed by atoms with Gasteiger partial charge in [-0.2, -0.15) is 18.3 Å². The monoisotopic (exact) mass is 551 g/mol. The maximum Gasteiger partial charge on any atom is 0.416 e. The number of hydrogen-bond acceptors (Lipinski definition) is 4. The molecule has 1 unspecified atom stereocenters. The van der Waals surface area contributed by atoms with Gasteiger partial charge in [-0.05, 0) is 24.1 Å². The minimum Gasteiger partial charge on any atom is -0.352 e. The number of benzene rings is 1. The van der Waals surface area contributed by atoms with Gasteiger partial charge in [-0.25, -0.2) is 14.7 Å². The number of nitrogens with zero attached hydrogens (tertiary/aromatic N) is 5. The van der Waals surface area contributed by atoms with Gasteiger partial charge in [0.25, 0.3) is 0 Å². The molecule has 1 aromatic carbocycles. The van der Waals surface area contributed by atoms with E-state index in [0.717, 1.165) is 30.8 Å². The van der Waals surface area contributed by atoms with Gasteiger partial charge in [-0.15, -0.1) is 24.0 Å². The maximum atomic E-state index is 12.9. The predicted molar refractivity (Wildman–Crippen MR) is 120 cm³/mol. The van der Waals surface area contributed by atoms with Crippen molar-refractivity contribution >= 4 is 35.8 Å². The molecule has 2 heterocycles. The lowest BCUT2D eigenvalue weighted by Crippen LogP contribution is -2.49. The highest BCUT2D eigenvalue weighted by Crippen LogP contribution is 2.29. The Bertz CT molecular complexity index is 914. The summed E-state index contributed by atoms with van der Waals surface area (Å²) in [4.78, 5) is 22.0. The average molecular weight is 551 g/mol. The molecule has 0 fully saturated rings. The lowest BCUT2D eigenvalue weighted by Gasteiger charge is -2.25. The molecule has 1 aromatic heterocycles. The summed E-state index contributed by atoms with van der Waals surface area (Å²) in [7, 11) is 3.29. The van der Waals surface area contributed by atoms with Gasteiger partial charge < -0.3 is 15.5 Å². The fraction of sp³-hybridized carbons (Fsp3) is 0.474. The molecular formula is C19H25F3IN7O. The van der Waals surface area contributed by atoms with Crippen LogP contribution >= 0.6 is 24.0 Å². The van der Waals surface area contributed by atoms with E-state index in [1.54, 1.807) is 24.8 Å². The van der Waals surface area contributed by atoms with Crippen molar-refractivity contribution in [1.82, 2.24) is 30.3 Å². The Morgan fingerprint density at radius 3 is 2.84 bits per heavy atom. The number of aliphatic imine (C=N–C) groups is 1. The molecule has 2 aromatic rings. The highest BCUT2D eigenvalue weighted by molar-refractivity contribution is 14.0. The topological polar surface area (TPSA) is 87.4 Å². The number of hydrogen-bond donors (Lipinski definition) is 2. The Morgan fingerprint density at radius 1 is 1.35 bits per heavy atom. The van der Waals surface area contributed by atoms with E-state index in [9.17, 15) is 18.0 Å². The first kappa shape index (κ1) is 24.9. The van der Waals surface area contributed by atoms with Crippen LogP contribution in [-0.2, 0) is 30.5 Å². The molecule has 170 valence electrons. The highest BCUT2D eigenvalue weighted by Gasteiger charge is 2.30. The van der Waals surface area contributed by atoms with Crippen molar-refractivity contribution in [3.8, 4) is 0 Å². The summed E-state index contributed by atoms with van der Waals surface area (Å²) in [5, 5.41) is 10.4. The zero-order chi connectivity index (χ0) is 21.7. The quantitative estimate of drug-likeness (QED) is 0.338. The van der Waals surface area contributed by atoms with E-state index in [1.165, 1.54) is 17.3 Å². The number of likely N-dealkylation sites (N-methyl/N-ethyl adjacent to an activating group) is 1. The fourth-order valence-electron chi connectivity index (χ4n) is 3.04. The third-order valence-electron chi connectivity index (χ3n) is 4.73. The molecule has 31 heavy (non-hydrogen) atoms. The lowest BCUT2D eigenvalue weighted by atomic mass is 10.1. The van der Waals surface area contributed by atoms with Crippen LogP contribution < -0.4 is 10.6 Å². The van der Waals surface area contributed by atoms with Crippen molar-refractivity contribution in [2.75, 3.05) is 20.6 Å². The van der Waals surface area contributed by atoms with Crippen LogP contribution in [0.3, 0.4) is 0 Å². The summed E-state index contributed by atoms with van der Waals surface area (Å²) in [5.74, 6) is 1.12. The molecule has 8 nitrogen and oxygen atoms in total. The Hall–Kier alpha value is -2.38. The first-order valence-corrected chi connectivity index (χ1v) is 9.50. The van der Waals surface area contributed by atoms with Gasteiger partial charge in [-0.1, -0.05) is 12.1 Å². The van der Waals surface area contributed by atoms with E-state index in [1.807, 2.05) is 0 Å². The van der Waals surface area contributed by atoms with E-state index < -0.39 is 11.7 Å². The highest BCUT2D eigenvalue weighted by atomic mass is 127. The second kappa shape index (κ2) is 10.8. The predicted octanol–water partition coefficient (Wildman–Crippen LogP) is 2.05. The van der Waals surface area contributed by atoms with Crippen LogP contribution in [0.25, 0.3) is 0 Å². The number of rotatable bonds is 5. The van der Waals surface area contributed by atoms with Crippen LogP contribution in [0.5, 0.6) is 0 Å². The molecule has 3 rings (SSSR count). The number of nitrogens with one attached hydrogen (secondary N) is 2. The number of halogens is 4. The third-order valence-corrected chi connectivity index (χ3v) is 4.73. The Morgan fingerprint density at radius 2 is 2.13 bits per heavy atom. The Balaban J connectivity index is 0.00000341. The summed E-state index contributed by atoms with van der Waals surface area (Å²) < 4.78 is 40.6. The third kappa shape index (κ3) is 7.08. The number of carbonyl (C=O) groups is 1. The average Bonchev–Trinajstić information content (AvgIpc) is 3.17. The molecule has 1 atom stereocenters. The number of alkyl halides is 3. The number of aromatic nitrogens is 3. The Labute approximate surface area is 195 Å². The van der Waals surface area contributed by atoms with E-state index in [-0.39, 0.29) is 49.0 Å². The Kier molecular flexibility index (Phi) is 8.65. The van der Waals surface area contributed by atoms with Crippen molar-refractivity contribution in [2.45, 2.75) is 38.1 Å². The lowest BCUT2D eigenvalue weighted by molar-refractivity contribution is -0.137. The maximum absolute atomic E-state index is 12.9. The smallest absolute Gasteiger partial charge is 0.352 e. The van der Waals surface area contributed by atoms with Crippen LogP contribution in [0.4, 0.5) is 13.2 Å². The van der Waals surface area contributed by atoms with Crippen molar-refractivity contribution < 1.29 is 18.0 Å². The van der Waals surface area contributed by atoms with Gasteiger partial charge in [0.05, 0.1) is 25.2 Å². The first-order chi connectivity index (χ1) is 14.2. The van der Waals surface area contributed by atoms with E-state index in [0.29, 0.717) is 18.1 Å². The number of fused-ring (bicyclic) bond motifs is 1. The standard InChI is InChI=1S/C19H24F3N7O.HI/c1-28(2)17(30)10-24-18(27-15-6-7-16-25-12-26-29(16)11-15)23-9-13-4-3-5-14(8-13)19(20,21)22;/h3-5,8,12,15H,6-7,9-11H2,1-2H3,(H2,23,24,27);1H. The van der Waals surface area contributed by atoms with Gasteiger partial charge in [0, 0.05) is 26.6 Å². The minimum absolute atomic E-state index is 0. The van der Waals surface area contributed by atoms with Gasteiger partial charge in [0.2, 0.25) is 5.91 Å². The molecule has 0 saturated carbocycles. The molecule has 0 aliphatic carbocycles. The minimum atomic E-state index is -4.41. The van der Waals surface area contributed by atoms with Gasteiger partial charge in [0.15, 0.2) is 5.96 Å². The summed E-state index contributed by atoms with van der Waals surface area (Å²) in [6, 6.07) is 5.05. The first-order valence-electron chi connectivity index (χ1n) is 9.50. The van der Waals surface area contributed by atoms with Crippen LogP contribution in [-0.4, -0.2) is 58.2 Å². The van der Waals surface area contributed by atoms with Crippen LogP contribution in [0.2, 0.25) is 0 Å². The molecule has 0 saturated heterocycles. The second-order valence-electron chi connectivity index (χ2n) is 7.24. The van der Waals surface area contributed by atoms with Gasteiger partial charge in [0.1, 0.15) is 12.2 Å². The van der Waals surface area contributed by atoms with Crippen LogP contribution in [0, 0.1) is 0 Å². The van der Waals surface area contributed by atoms with Crippen LogP contribution in [0.1, 0.15) is 23.4 Å². The zero-order valence-electron chi connectivity index (χ0n) is 17.2. The van der Waals surface area contributed by atoms with E-state index >= 15 is 0 Å². The molecule has 12 heteroatoms. The van der Waals surface area contributed by atoms with Gasteiger partial charge >= 0.3 is 6.18 Å². The zero-order valence-corrected chi connectivity index (χ0v) is 19.5. The molecule has 1 aliphatic rings. The van der Waals surface area contributed by atoms with Crippen LogP contribution in [0.15, 0.2) is 35.6 Å². The molecule has 0 bridgehead atoms. The van der Waals surface area contributed by atoms with Crippen molar-refractivity contribution in [3.63, 3.8) is 0 Å². The number of aryl methyl sites for hydroxylation is 1.